The van der Waals surface area contributed by atoms with Crippen molar-refractivity contribution in [3.63, 3.8) is 0 Å². The van der Waals surface area contributed by atoms with Crippen molar-refractivity contribution in [2.45, 2.75) is 45.6 Å². The number of hydrogen-bond acceptors (Lipinski definition) is 3. The van der Waals surface area contributed by atoms with Gasteiger partial charge in [-0.25, -0.2) is 4.98 Å². The summed E-state index contributed by atoms with van der Waals surface area (Å²) in [5, 5.41) is 12.6. The van der Waals surface area contributed by atoms with Crippen LogP contribution in [-0.2, 0) is 0 Å². The lowest BCUT2D eigenvalue weighted by molar-refractivity contribution is 0.0894. The summed E-state index contributed by atoms with van der Waals surface area (Å²) in [6, 6.07) is 3.27. The first-order valence-corrected chi connectivity index (χ1v) is 6.43. The van der Waals surface area contributed by atoms with Gasteiger partial charge >= 0.3 is 0 Å². The molecule has 0 bridgehead atoms. The molecular weight excluding hydrogens is 228 g/mol. The molecule has 98 valence electrons. The monoisotopic (exact) mass is 248 g/mol. The van der Waals surface area contributed by atoms with E-state index >= 15 is 0 Å². The standard InChI is InChI=1S/C14H20N2O2/c1-14(2)7-3-5-10(9-14)16-13(18)12-11(17)6-4-8-15-12/h4,6,8,10,17H,3,5,7,9H2,1-2H3,(H,16,18). The van der Waals surface area contributed by atoms with Crippen LogP contribution >= 0.6 is 0 Å². The summed E-state index contributed by atoms with van der Waals surface area (Å²) in [6.07, 6.45) is 5.83. The molecule has 0 saturated heterocycles. The first kappa shape index (κ1) is 12.9. The third-order valence-electron chi connectivity index (χ3n) is 3.54. The Morgan fingerprint density at radius 1 is 1.56 bits per heavy atom. The van der Waals surface area contributed by atoms with Gasteiger partial charge in [0, 0.05) is 12.2 Å². The molecule has 1 atom stereocenters. The zero-order valence-corrected chi connectivity index (χ0v) is 10.9. The van der Waals surface area contributed by atoms with Gasteiger partial charge in [-0.3, -0.25) is 4.79 Å². The number of rotatable bonds is 2. The topological polar surface area (TPSA) is 62.2 Å². The summed E-state index contributed by atoms with van der Waals surface area (Å²) in [5.74, 6) is -0.346. The number of nitrogens with zero attached hydrogens (tertiary/aromatic N) is 1. The van der Waals surface area contributed by atoms with E-state index in [9.17, 15) is 9.90 Å². The Morgan fingerprint density at radius 2 is 2.33 bits per heavy atom. The molecule has 1 aromatic heterocycles. The smallest absolute Gasteiger partial charge is 0.273 e. The molecule has 0 radical (unpaired) electrons. The van der Waals surface area contributed by atoms with Crippen molar-refractivity contribution in [3.05, 3.63) is 24.0 Å². The number of pyridine rings is 1. The number of nitrogens with one attached hydrogen (secondary N) is 1. The zero-order valence-electron chi connectivity index (χ0n) is 10.9. The van der Waals surface area contributed by atoms with Gasteiger partial charge in [0.2, 0.25) is 0 Å². The van der Waals surface area contributed by atoms with Crippen LogP contribution in [0.25, 0.3) is 0 Å². The summed E-state index contributed by atoms with van der Waals surface area (Å²) < 4.78 is 0. The minimum Gasteiger partial charge on any atom is -0.505 e. The number of carbonyl (C=O) groups excluding carboxylic acids is 1. The molecule has 1 fully saturated rings. The number of aromatic hydroxyl groups is 1. The highest BCUT2D eigenvalue weighted by Gasteiger charge is 2.29. The molecule has 0 aliphatic heterocycles. The van der Waals surface area contributed by atoms with Gasteiger partial charge < -0.3 is 10.4 Å². The molecule has 18 heavy (non-hydrogen) atoms. The van der Waals surface area contributed by atoms with Crippen molar-refractivity contribution in [1.82, 2.24) is 10.3 Å². The molecule has 1 aliphatic rings. The van der Waals surface area contributed by atoms with E-state index < -0.39 is 0 Å². The van der Waals surface area contributed by atoms with Crippen LogP contribution in [-0.4, -0.2) is 22.0 Å². The van der Waals surface area contributed by atoms with Crippen LogP contribution in [0.4, 0.5) is 0 Å². The highest BCUT2D eigenvalue weighted by molar-refractivity contribution is 5.94. The van der Waals surface area contributed by atoms with Crippen LogP contribution < -0.4 is 5.32 Å². The second-order valence-electron chi connectivity index (χ2n) is 5.80. The maximum absolute atomic E-state index is 12.0. The first-order valence-electron chi connectivity index (χ1n) is 6.43. The van der Waals surface area contributed by atoms with Crippen molar-refractivity contribution in [2.24, 2.45) is 5.41 Å². The Morgan fingerprint density at radius 3 is 3.00 bits per heavy atom. The summed E-state index contributed by atoms with van der Waals surface area (Å²) in [6.45, 7) is 4.45. The molecule has 1 aromatic rings. The van der Waals surface area contributed by atoms with Gasteiger partial charge in [-0.05, 0) is 36.8 Å². The fraction of sp³-hybridized carbons (Fsp3) is 0.571. The van der Waals surface area contributed by atoms with Gasteiger partial charge in [0.1, 0.15) is 5.75 Å². The van der Waals surface area contributed by atoms with Crippen molar-refractivity contribution >= 4 is 5.91 Å². The Balaban J connectivity index is 2.02. The summed E-state index contributed by atoms with van der Waals surface area (Å²) in [4.78, 5) is 15.9. The number of amides is 1. The number of aromatic nitrogens is 1. The Hall–Kier alpha value is -1.58. The van der Waals surface area contributed by atoms with E-state index in [1.807, 2.05) is 0 Å². The fourth-order valence-electron chi connectivity index (χ4n) is 2.65. The highest BCUT2D eigenvalue weighted by Crippen LogP contribution is 2.35. The van der Waals surface area contributed by atoms with Gasteiger partial charge in [-0.15, -0.1) is 0 Å². The maximum Gasteiger partial charge on any atom is 0.273 e. The van der Waals surface area contributed by atoms with E-state index in [0.29, 0.717) is 0 Å². The molecule has 4 nitrogen and oxygen atoms in total. The van der Waals surface area contributed by atoms with Gasteiger partial charge in [-0.2, -0.15) is 0 Å². The lowest BCUT2D eigenvalue weighted by Crippen LogP contribution is -2.40. The fourth-order valence-corrected chi connectivity index (χ4v) is 2.65. The molecule has 2 rings (SSSR count). The summed E-state index contributed by atoms with van der Waals surface area (Å²) >= 11 is 0. The number of hydrogen-bond donors (Lipinski definition) is 2. The predicted molar refractivity (Wildman–Crippen MR) is 69.4 cm³/mol. The average Bonchev–Trinajstić information content (AvgIpc) is 2.28. The summed E-state index contributed by atoms with van der Waals surface area (Å²) in [5.41, 5.74) is 0.392. The van der Waals surface area contributed by atoms with Crippen LogP contribution in [0, 0.1) is 5.41 Å². The third kappa shape index (κ3) is 3.00. The van der Waals surface area contributed by atoms with Crippen LogP contribution in [0.3, 0.4) is 0 Å². The van der Waals surface area contributed by atoms with E-state index in [2.05, 4.69) is 24.1 Å². The molecule has 1 amide bonds. The largest absolute Gasteiger partial charge is 0.505 e. The van der Waals surface area contributed by atoms with E-state index in [-0.39, 0.29) is 28.8 Å². The van der Waals surface area contributed by atoms with Gasteiger partial charge in [0.15, 0.2) is 5.69 Å². The molecule has 1 saturated carbocycles. The van der Waals surface area contributed by atoms with E-state index in [1.54, 1.807) is 6.07 Å². The van der Waals surface area contributed by atoms with Crippen LogP contribution in [0.5, 0.6) is 5.75 Å². The lowest BCUT2D eigenvalue weighted by Gasteiger charge is -2.35. The molecule has 0 spiro atoms. The second kappa shape index (κ2) is 4.96. The van der Waals surface area contributed by atoms with Crippen molar-refractivity contribution in [2.75, 3.05) is 0 Å². The van der Waals surface area contributed by atoms with Crippen molar-refractivity contribution < 1.29 is 9.90 Å². The van der Waals surface area contributed by atoms with Crippen LogP contribution in [0.2, 0.25) is 0 Å². The Labute approximate surface area is 107 Å². The molecule has 4 heteroatoms. The third-order valence-corrected chi connectivity index (χ3v) is 3.54. The SMILES string of the molecule is CC1(C)CCCC(NC(=O)c2ncccc2O)C1. The normalized spacial score (nSPS) is 22.4. The average molecular weight is 248 g/mol. The second-order valence-corrected chi connectivity index (χ2v) is 5.80. The summed E-state index contributed by atoms with van der Waals surface area (Å²) in [7, 11) is 0. The van der Waals surface area contributed by atoms with E-state index in [0.717, 1.165) is 19.3 Å². The highest BCUT2D eigenvalue weighted by atomic mass is 16.3. The Bertz CT molecular complexity index is 443. The minimum atomic E-state index is -0.282. The van der Waals surface area contributed by atoms with Crippen molar-refractivity contribution in [1.29, 1.82) is 0 Å². The number of carbonyl (C=O) groups is 1. The van der Waals surface area contributed by atoms with E-state index in [1.165, 1.54) is 18.7 Å². The minimum absolute atomic E-state index is 0.0648. The van der Waals surface area contributed by atoms with Crippen LogP contribution in [0.15, 0.2) is 18.3 Å². The van der Waals surface area contributed by atoms with Gasteiger partial charge in [0.05, 0.1) is 0 Å². The predicted octanol–water partition coefficient (Wildman–Crippen LogP) is 2.49. The zero-order chi connectivity index (χ0) is 13.2. The lowest BCUT2D eigenvalue weighted by atomic mass is 9.75. The van der Waals surface area contributed by atoms with Crippen LogP contribution in [0.1, 0.15) is 50.0 Å². The first-order chi connectivity index (χ1) is 8.48. The van der Waals surface area contributed by atoms with Crippen molar-refractivity contribution in [3.8, 4) is 5.75 Å². The quantitative estimate of drug-likeness (QED) is 0.845. The molecule has 0 aromatic carbocycles. The molecular formula is C14H20N2O2. The van der Waals surface area contributed by atoms with E-state index in [4.69, 9.17) is 0 Å². The maximum atomic E-state index is 12.0. The van der Waals surface area contributed by atoms with Gasteiger partial charge in [0.25, 0.3) is 5.91 Å². The Kier molecular flexibility index (Phi) is 3.55. The van der Waals surface area contributed by atoms with Gasteiger partial charge in [-0.1, -0.05) is 20.3 Å². The molecule has 2 N–H and O–H groups in total. The molecule has 1 aliphatic carbocycles. The molecule has 1 unspecified atom stereocenters. The molecule has 1 heterocycles.